The highest BCUT2D eigenvalue weighted by Gasteiger charge is 2.10. The van der Waals surface area contributed by atoms with Crippen LogP contribution in [0.5, 0.6) is 5.88 Å². The number of nitrogens with zero attached hydrogens (tertiary/aromatic N) is 2. The van der Waals surface area contributed by atoms with E-state index in [1.807, 2.05) is 13.8 Å². The molecule has 96 valence electrons. The first kappa shape index (κ1) is 13.7. The molecule has 0 aliphatic heterocycles. The highest BCUT2D eigenvalue weighted by atomic mass is 16.5. The highest BCUT2D eigenvalue weighted by molar-refractivity contribution is 5.47. The van der Waals surface area contributed by atoms with E-state index in [4.69, 9.17) is 4.74 Å². The second-order valence-electron chi connectivity index (χ2n) is 4.69. The Morgan fingerprint density at radius 1 is 1.29 bits per heavy atom. The summed E-state index contributed by atoms with van der Waals surface area (Å²) >= 11 is 0. The van der Waals surface area contributed by atoms with Crippen LogP contribution in [0.4, 0.5) is 5.82 Å². The van der Waals surface area contributed by atoms with E-state index in [9.17, 15) is 0 Å². The summed E-state index contributed by atoms with van der Waals surface area (Å²) in [5.41, 5.74) is 0.977. The second kappa shape index (κ2) is 6.42. The molecule has 0 bridgehead atoms. The number of anilines is 1. The van der Waals surface area contributed by atoms with Crippen molar-refractivity contribution in [2.75, 3.05) is 18.5 Å². The molecular weight excluding hydrogens is 214 g/mol. The van der Waals surface area contributed by atoms with Crippen LogP contribution in [0.2, 0.25) is 0 Å². The third-order valence-electron chi connectivity index (χ3n) is 3.05. The van der Waals surface area contributed by atoms with Crippen LogP contribution in [0.1, 0.15) is 33.3 Å². The van der Waals surface area contributed by atoms with Gasteiger partial charge >= 0.3 is 0 Å². The van der Waals surface area contributed by atoms with E-state index in [1.165, 1.54) is 0 Å². The molecule has 0 aliphatic rings. The summed E-state index contributed by atoms with van der Waals surface area (Å²) in [5, 5.41) is 3.36. The SMILES string of the molecule is CCOc1ncnc(NCC(C)C(C)C)c1C. The van der Waals surface area contributed by atoms with E-state index in [1.54, 1.807) is 6.33 Å². The van der Waals surface area contributed by atoms with Gasteiger partial charge in [-0.05, 0) is 25.7 Å². The summed E-state index contributed by atoms with van der Waals surface area (Å²) in [6.07, 6.45) is 1.54. The van der Waals surface area contributed by atoms with E-state index in [0.717, 1.165) is 17.9 Å². The number of hydrogen-bond acceptors (Lipinski definition) is 4. The van der Waals surface area contributed by atoms with E-state index >= 15 is 0 Å². The number of ether oxygens (including phenoxy) is 1. The number of hydrogen-bond donors (Lipinski definition) is 1. The first-order valence-electron chi connectivity index (χ1n) is 6.24. The topological polar surface area (TPSA) is 47.0 Å². The largest absolute Gasteiger partial charge is 0.478 e. The van der Waals surface area contributed by atoms with E-state index in [2.05, 4.69) is 36.1 Å². The van der Waals surface area contributed by atoms with E-state index in [0.29, 0.717) is 24.3 Å². The molecule has 1 aromatic heterocycles. The van der Waals surface area contributed by atoms with Gasteiger partial charge < -0.3 is 10.1 Å². The fourth-order valence-electron chi connectivity index (χ4n) is 1.39. The lowest BCUT2D eigenvalue weighted by Crippen LogP contribution is -2.17. The maximum atomic E-state index is 5.44. The Balaban J connectivity index is 2.68. The Morgan fingerprint density at radius 2 is 2.00 bits per heavy atom. The quantitative estimate of drug-likeness (QED) is 0.826. The van der Waals surface area contributed by atoms with Crippen LogP contribution in [0.3, 0.4) is 0 Å². The van der Waals surface area contributed by atoms with Crippen molar-refractivity contribution in [1.29, 1.82) is 0 Å². The van der Waals surface area contributed by atoms with Gasteiger partial charge in [-0.2, -0.15) is 0 Å². The van der Waals surface area contributed by atoms with Crippen LogP contribution < -0.4 is 10.1 Å². The van der Waals surface area contributed by atoms with Crippen molar-refractivity contribution in [2.24, 2.45) is 11.8 Å². The molecule has 0 saturated carbocycles. The molecule has 1 N–H and O–H groups in total. The molecule has 0 saturated heterocycles. The summed E-state index contributed by atoms with van der Waals surface area (Å²) in [5.74, 6) is 2.81. The van der Waals surface area contributed by atoms with Gasteiger partial charge in [-0.25, -0.2) is 9.97 Å². The summed E-state index contributed by atoms with van der Waals surface area (Å²) in [7, 11) is 0. The molecule has 17 heavy (non-hydrogen) atoms. The van der Waals surface area contributed by atoms with Crippen LogP contribution >= 0.6 is 0 Å². The minimum atomic E-state index is 0.611. The van der Waals surface area contributed by atoms with Gasteiger partial charge in [0.1, 0.15) is 12.1 Å². The first-order chi connectivity index (χ1) is 8.06. The van der Waals surface area contributed by atoms with Gasteiger partial charge in [0.15, 0.2) is 0 Å². The zero-order chi connectivity index (χ0) is 12.8. The molecule has 1 atom stereocenters. The Bertz CT molecular complexity index is 353. The normalized spacial score (nSPS) is 12.6. The molecule has 0 fully saturated rings. The average Bonchev–Trinajstić information content (AvgIpc) is 2.30. The van der Waals surface area contributed by atoms with Gasteiger partial charge in [0.05, 0.1) is 12.2 Å². The molecule has 0 aromatic carbocycles. The molecule has 1 aromatic rings. The monoisotopic (exact) mass is 237 g/mol. The van der Waals surface area contributed by atoms with Crippen LogP contribution in [0.15, 0.2) is 6.33 Å². The lowest BCUT2D eigenvalue weighted by Gasteiger charge is -2.17. The van der Waals surface area contributed by atoms with Crippen molar-refractivity contribution < 1.29 is 4.74 Å². The Hall–Kier alpha value is -1.32. The van der Waals surface area contributed by atoms with Crippen molar-refractivity contribution in [3.63, 3.8) is 0 Å². The fourth-order valence-corrected chi connectivity index (χ4v) is 1.39. The summed E-state index contributed by atoms with van der Waals surface area (Å²) in [4.78, 5) is 8.37. The molecule has 1 rings (SSSR count). The zero-order valence-electron chi connectivity index (χ0n) is 11.4. The third-order valence-corrected chi connectivity index (χ3v) is 3.05. The first-order valence-corrected chi connectivity index (χ1v) is 6.24. The minimum absolute atomic E-state index is 0.611. The molecule has 1 heterocycles. The van der Waals surface area contributed by atoms with E-state index in [-0.39, 0.29) is 0 Å². The van der Waals surface area contributed by atoms with Gasteiger partial charge in [-0.3, -0.25) is 0 Å². The fraction of sp³-hybridized carbons (Fsp3) is 0.692. The molecule has 0 spiro atoms. The molecule has 1 unspecified atom stereocenters. The van der Waals surface area contributed by atoms with Crippen LogP contribution in [0, 0.1) is 18.8 Å². The molecule has 4 heteroatoms. The average molecular weight is 237 g/mol. The maximum absolute atomic E-state index is 5.44. The van der Waals surface area contributed by atoms with Crippen LogP contribution in [-0.4, -0.2) is 23.1 Å². The van der Waals surface area contributed by atoms with Crippen molar-refractivity contribution in [3.05, 3.63) is 11.9 Å². The zero-order valence-corrected chi connectivity index (χ0v) is 11.4. The number of rotatable bonds is 6. The van der Waals surface area contributed by atoms with Crippen molar-refractivity contribution >= 4 is 5.82 Å². The number of nitrogens with one attached hydrogen (secondary N) is 1. The Labute approximate surface area is 104 Å². The van der Waals surface area contributed by atoms with Crippen molar-refractivity contribution in [2.45, 2.75) is 34.6 Å². The molecule has 0 aliphatic carbocycles. The van der Waals surface area contributed by atoms with Gasteiger partial charge in [-0.1, -0.05) is 20.8 Å². The molecular formula is C13H23N3O. The highest BCUT2D eigenvalue weighted by Crippen LogP contribution is 2.21. The van der Waals surface area contributed by atoms with Gasteiger partial charge in [-0.15, -0.1) is 0 Å². The van der Waals surface area contributed by atoms with Gasteiger partial charge in [0.25, 0.3) is 0 Å². The molecule has 0 radical (unpaired) electrons. The standard InChI is InChI=1S/C13H23N3O/c1-6-17-13-11(5)12(15-8-16-13)14-7-10(4)9(2)3/h8-10H,6-7H2,1-5H3,(H,14,15,16). The molecule has 4 nitrogen and oxygen atoms in total. The molecule has 0 amide bonds. The van der Waals surface area contributed by atoms with Gasteiger partial charge in [0.2, 0.25) is 5.88 Å². The van der Waals surface area contributed by atoms with Gasteiger partial charge in [0, 0.05) is 6.54 Å². The Kier molecular flexibility index (Phi) is 5.19. The van der Waals surface area contributed by atoms with Crippen molar-refractivity contribution in [3.8, 4) is 5.88 Å². The predicted molar refractivity (Wildman–Crippen MR) is 70.4 cm³/mol. The summed E-state index contributed by atoms with van der Waals surface area (Å²) in [6.45, 7) is 12.2. The lowest BCUT2D eigenvalue weighted by molar-refractivity contribution is 0.323. The maximum Gasteiger partial charge on any atom is 0.221 e. The summed E-state index contributed by atoms with van der Waals surface area (Å²) < 4.78 is 5.44. The van der Waals surface area contributed by atoms with E-state index < -0.39 is 0 Å². The van der Waals surface area contributed by atoms with Crippen LogP contribution in [0.25, 0.3) is 0 Å². The van der Waals surface area contributed by atoms with Crippen molar-refractivity contribution in [1.82, 2.24) is 9.97 Å². The number of aromatic nitrogens is 2. The second-order valence-corrected chi connectivity index (χ2v) is 4.69. The Morgan fingerprint density at radius 3 is 2.59 bits per heavy atom. The lowest BCUT2D eigenvalue weighted by atomic mass is 9.98. The summed E-state index contributed by atoms with van der Waals surface area (Å²) in [6, 6.07) is 0. The third kappa shape index (κ3) is 3.88. The predicted octanol–water partition coefficient (Wildman–Crippen LogP) is 2.89. The smallest absolute Gasteiger partial charge is 0.221 e. The minimum Gasteiger partial charge on any atom is -0.478 e. The van der Waals surface area contributed by atoms with Crippen LogP contribution in [-0.2, 0) is 0 Å².